The maximum atomic E-state index is 12.7. The van der Waals surface area contributed by atoms with Gasteiger partial charge in [0.1, 0.15) is 4.90 Å². The maximum Gasteiger partial charge on any atom is 0.244 e. The lowest BCUT2D eigenvalue weighted by molar-refractivity contribution is 0.380. The fourth-order valence-corrected chi connectivity index (χ4v) is 3.78. The van der Waals surface area contributed by atoms with Gasteiger partial charge in [-0.15, -0.1) is 0 Å². The predicted octanol–water partition coefficient (Wildman–Crippen LogP) is 3.26. The lowest BCUT2D eigenvalue weighted by Gasteiger charge is -2.24. The van der Waals surface area contributed by atoms with Gasteiger partial charge in [0.05, 0.1) is 5.02 Å². The number of nitrogens with one attached hydrogen (secondary N) is 1. The quantitative estimate of drug-likeness (QED) is 0.833. The lowest BCUT2D eigenvalue weighted by atomic mass is 10.2. The third-order valence-corrected chi connectivity index (χ3v) is 6.03. The SMILES string of the molecule is CCC(C)N(C)S(=O)(=O)c1cc(CNC(C)C)ccc1Cl. The number of sulfonamides is 1. The minimum atomic E-state index is -3.57. The summed E-state index contributed by atoms with van der Waals surface area (Å²) in [6.45, 7) is 8.55. The molecule has 0 heterocycles. The highest BCUT2D eigenvalue weighted by molar-refractivity contribution is 7.89. The zero-order valence-corrected chi connectivity index (χ0v) is 14.9. The Bertz CT molecular complexity index is 573. The molecule has 0 aromatic heterocycles. The normalized spacial score (nSPS) is 13.9. The number of hydrogen-bond acceptors (Lipinski definition) is 3. The third kappa shape index (κ3) is 4.68. The van der Waals surface area contributed by atoms with E-state index in [0.717, 1.165) is 12.0 Å². The fraction of sp³-hybridized carbons (Fsp3) is 0.600. The van der Waals surface area contributed by atoms with E-state index in [0.29, 0.717) is 12.6 Å². The number of halogens is 1. The molecule has 0 aliphatic heterocycles. The Balaban J connectivity index is 3.13. The van der Waals surface area contributed by atoms with Gasteiger partial charge < -0.3 is 5.32 Å². The summed E-state index contributed by atoms with van der Waals surface area (Å²) in [6.07, 6.45) is 0.752. The van der Waals surface area contributed by atoms with E-state index in [4.69, 9.17) is 11.6 Å². The van der Waals surface area contributed by atoms with Gasteiger partial charge in [-0.3, -0.25) is 0 Å². The van der Waals surface area contributed by atoms with Crippen molar-refractivity contribution in [2.45, 2.75) is 57.6 Å². The van der Waals surface area contributed by atoms with Gasteiger partial charge >= 0.3 is 0 Å². The second-order valence-corrected chi connectivity index (χ2v) is 7.95. The lowest BCUT2D eigenvalue weighted by Crippen LogP contribution is -2.34. The highest BCUT2D eigenvalue weighted by Gasteiger charge is 2.26. The van der Waals surface area contributed by atoms with Gasteiger partial charge in [0, 0.05) is 25.7 Å². The van der Waals surface area contributed by atoms with Crippen LogP contribution in [0.3, 0.4) is 0 Å². The Morgan fingerprint density at radius 2 is 1.90 bits per heavy atom. The van der Waals surface area contributed by atoms with Crippen LogP contribution < -0.4 is 5.32 Å². The van der Waals surface area contributed by atoms with Crippen molar-refractivity contribution in [2.75, 3.05) is 7.05 Å². The van der Waals surface area contributed by atoms with E-state index < -0.39 is 10.0 Å². The van der Waals surface area contributed by atoms with E-state index in [9.17, 15) is 8.42 Å². The van der Waals surface area contributed by atoms with Crippen LogP contribution in [0.2, 0.25) is 5.02 Å². The second-order valence-electron chi connectivity index (χ2n) is 5.58. The number of nitrogens with zero attached hydrogens (tertiary/aromatic N) is 1. The van der Waals surface area contributed by atoms with E-state index >= 15 is 0 Å². The molecule has 0 radical (unpaired) electrons. The summed E-state index contributed by atoms with van der Waals surface area (Å²) in [6, 6.07) is 5.43. The zero-order chi connectivity index (χ0) is 16.2. The number of hydrogen-bond donors (Lipinski definition) is 1. The highest BCUT2D eigenvalue weighted by atomic mass is 35.5. The molecule has 0 fully saturated rings. The molecule has 0 saturated carbocycles. The summed E-state index contributed by atoms with van der Waals surface area (Å²) >= 11 is 6.11. The fourth-order valence-electron chi connectivity index (χ4n) is 1.83. The molecular formula is C15H25ClN2O2S. The van der Waals surface area contributed by atoms with Crippen LogP contribution in [0.15, 0.2) is 23.1 Å². The zero-order valence-electron chi connectivity index (χ0n) is 13.4. The highest BCUT2D eigenvalue weighted by Crippen LogP contribution is 2.26. The second kappa shape index (κ2) is 7.58. The Morgan fingerprint density at radius 3 is 2.43 bits per heavy atom. The Morgan fingerprint density at radius 1 is 1.29 bits per heavy atom. The van der Waals surface area contributed by atoms with Crippen LogP contribution in [-0.2, 0) is 16.6 Å². The minimum Gasteiger partial charge on any atom is -0.310 e. The first-order valence-electron chi connectivity index (χ1n) is 7.20. The average Bonchev–Trinajstić information content (AvgIpc) is 2.44. The van der Waals surface area contributed by atoms with Crippen LogP contribution in [0.5, 0.6) is 0 Å². The topological polar surface area (TPSA) is 49.4 Å². The van der Waals surface area contributed by atoms with Crippen molar-refractivity contribution in [2.24, 2.45) is 0 Å². The molecule has 6 heteroatoms. The summed E-state index contributed by atoms with van der Waals surface area (Å²) in [4.78, 5) is 0.176. The van der Waals surface area contributed by atoms with Crippen molar-refractivity contribution in [3.05, 3.63) is 28.8 Å². The van der Waals surface area contributed by atoms with Gasteiger partial charge in [0.15, 0.2) is 0 Å². The first kappa shape index (κ1) is 18.4. The summed E-state index contributed by atoms with van der Waals surface area (Å²) in [7, 11) is -1.97. The van der Waals surface area contributed by atoms with E-state index in [1.807, 2.05) is 33.8 Å². The Kier molecular flexibility index (Phi) is 6.66. The maximum absolute atomic E-state index is 12.7. The smallest absolute Gasteiger partial charge is 0.244 e. The Labute approximate surface area is 133 Å². The molecule has 0 bridgehead atoms. The van der Waals surface area contributed by atoms with Crippen LogP contribution >= 0.6 is 11.6 Å². The molecule has 21 heavy (non-hydrogen) atoms. The van der Waals surface area contributed by atoms with Crippen LogP contribution in [0.4, 0.5) is 0 Å². The number of benzene rings is 1. The van der Waals surface area contributed by atoms with Gasteiger partial charge in [-0.2, -0.15) is 4.31 Å². The first-order chi connectivity index (χ1) is 9.70. The molecule has 1 unspecified atom stereocenters. The molecule has 4 nitrogen and oxygen atoms in total. The number of rotatable bonds is 7. The molecule has 1 N–H and O–H groups in total. The summed E-state index contributed by atoms with van der Waals surface area (Å²) in [5.74, 6) is 0. The van der Waals surface area contributed by atoms with Gasteiger partial charge in [-0.05, 0) is 31.0 Å². The molecule has 0 aliphatic carbocycles. The molecular weight excluding hydrogens is 308 g/mol. The van der Waals surface area contributed by atoms with Gasteiger partial charge in [0.2, 0.25) is 10.0 Å². The third-order valence-electron chi connectivity index (χ3n) is 3.58. The van der Waals surface area contributed by atoms with Crippen molar-refractivity contribution in [1.29, 1.82) is 0 Å². The van der Waals surface area contributed by atoms with E-state index in [1.165, 1.54) is 4.31 Å². The monoisotopic (exact) mass is 332 g/mol. The molecule has 0 saturated heterocycles. The standard InChI is InChI=1S/C15H25ClN2O2S/c1-6-12(4)18(5)21(19,20)15-9-13(7-8-14(15)16)10-17-11(2)3/h7-9,11-12,17H,6,10H2,1-5H3. The van der Waals surface area contributed by atoms with E-state index in [1.54, 1.807) is 19.2 Å². The van der Waals surface area contributed by atoms with Crippen LogP contribution in [0.25, 0.3) is 0 Å². The van der Waals surface area contributed by atoms with Crippen LogP contribution in [0.1, 0.15) is 39.7 Å². The average molecular weight is 333 g/mol. The van der Waals surface area contributed by atoms with Crippen molar-refractivity contribution in [1.82, 2.24) is 9.62 Å². The molecule has 120 valence electrons. The van der Waals surface area contributed by atoms with Crippen molar-refractivity contribution < 1.29 is 8.42 Å². The van der Waals surface area contributed by atoms with Crippen LogP contribution in [-0.4, -0.2) is 31.9 Å². The van der Waals surface area contributed by atoms with Crippen molar-refractivity contribution in [3.63, 3.8) is 0 Å². The van der Waals surface area contributed by atoms with Crippen molar-refractivity contribution in [3.8, 4) is 0 Å². The molecule has 0 aliphatic rings. The van der Waals surface area contributed by atoms with E-state index in [-0.39, 0.29) is 16.0 Å². The van der Waals surface area contributed by atoms with Crippen LogP contribution in [0, 0.1) is 0 Å². The predicted molar refractivity (Wildman–Crippen MR) is 88.1 cm³/mol. The summed E-state index contributed by atoms with van der Waals surface area (Å²) in [5, 5.41) is 3.53. The molecule has 0 amide bonds. The molecule has 1 rings (SSSR count). The van der Waals surface area contributed by atoms with Gasteiger partial charge in [-0.1, -0.05) is 38.4 Å². The van der Waals surface area contributed by atoms with Gasteiger partial charge in [0.25, 0.3) is 0 Å². The van der Waals surface area contributed by atoms with Crippen molar-refractivity contribution >= 4 is 21.6 Å². The Hall–Kier alpha value is -0.620. The summed E-state index contributed by atoms with van der Waals surface area (Å²) in [5.41, 5.74) is 0.907. The molecule has 1 atom stereocenters. The minimum absolute atomic E-state index is 0.0662. The summed E-state index contributed by atoms with van der Waals surface area (Å²) < 4.78 is 26.7. The largest absolute Gasteiger partial charge is 0.310 e. The molecule has 1 aromatic rings. The first-order valence-corrected chi connectivity index (χ1v) is 9.01. The molecule has 1 aromatic carbocycles. The molecule has 0 spiro atoms. The van der Waals surface area contributed by atoms with E-state index in [2.05, 4.69) is 5.32 Å². The van der Waals surface area contributed by atoms with Gasteiger partial charge in [-0.25, -0.2) is 8.42 Å².